The predicted octanol–water partition coefficient (Wildman–Crippen LogP) is 7.14. The number of hydrogen-bond donors (Lipinski definition) is 0. The summed E-state index contributed by atoms with van der Waals surface area (Å²) < 4.78 is 43.2. The first-order chi connectivity index (χ1) is 13.0. The minimum absolute atomic E-state index is 0.0204. The van der Waals surface area contributed by atoms with Crippen molar-refractivity contribution in [3.63, 3.8) is 0 Å². The fraction of sp³-hybridized carbons (Fsp3) is 0.333. The lowest BCUT2D eigenvalue weighted by Crippen LogP contribution is -2.11. The standard InChI is InChI=1S/C24H25F3/c1-3-4-5-6-19-12-14-21(24(27)23(19)26)18-10-8-17(9-11-18)20-13-7-16(2)15-22(20)25/h3,7-8,10,12-15,17-18H,1,4-6,9,11H2,2H3. The van der Waals surface area contributed by atoms with Gasteiger partial charge in [-0.15, -0.1) is 6.58 Å². The lowest BCUT2D eigenvalue weighted by molar-refractivity contribution is 0.475. The van der Waals surface area contributed by atoms with Gasteiger partial charge in [-0.05, 0) is 67.3 Å². The molecule has 0 bridgehead atoms. The Kier molecular flexibility index (Phi) is 6.20. The smallest absolute Gasteiger partial charge is 0.162 e. The number of rotatable bonds is 6. The van der Waals surface area contributed by atoms with E-state index in [1.807, 2.05) is 31.2 Å². The van der Waals surface area contributed by atoms with Crippen LogP contribution in [0.3, 0.4) is 0 Å². The Balaban J connectivity index is 1.76. The molecule has 0 amide bonds. The molecule has 1 aliphatic carbocycles. The molecule has 27 heavy (non-hydrogen) atoms. The minimum Gasteiger partial charge on any atom is -0.207 e. The Morgan fingerprint density at radius 2 is 1.63 bits per heavy atom. The molecule has 2 aromatic carbocycles. The van der Waals surface area contributed by atoms with Gasteiger partial charge in [-0.1, -0.05) is 42.5 Å². The molecule has 0 spiro atoms. The van der Waals surface area contributed by atoms with Gasteiger partial charge in [0.25, 0.3) is 0 Å². The van der Waals surface area contributed by atoms with Crippen LogP contribution in [-0.4, -0.2) is 0 Å². The largest absolute Gasteiger partial charge is 0.207 e. The van der Waals surface area contributed by atoms with E-state index < -0.39 is 11.6 Å². The Hall–Kier alpha value is -2.29. The first kappa shape index (κ1) is 19.5. The first-order valence-electron chi connectivity index (χ1n) is 9.53. The normalized spacial score (nSPS) is 19.3. The number of allylic oxidation sites excluding steroid dienone is 3. The second-order valence-electron chi connectivity index (χ2n) is 7.32. The van der Waals surface area contributed by atoms with Crippen molar-refractivity contribution in [2.45, 2.75) is 50.9 Å². The maximum atomic E-state index is 14.6. The van der Waals surface area contributed by atoms with Gasteiger partial charge in [0.2, 0.25) is 0 Å². The van der Waals surface area contributed by atoms with E-state index in [1.165, 1.54) is 6.07 Å². The van der Waals surface area contributed by atoms with Gasteiger partial charge < -0.3 is 0 Å². The van der Waals surface area contributed by atoms with Gasteiger partial charge in [0.1, 0.15) is 5.82 Å². The molecule has 2 unspecified atom stereocenters. The van der Waals surface area contributed by atoms with E-state index in [2.05, 4.69) is 6.58 Å². The van der Waals surface area contributed by atoms with Gasteiger partial charge in [-0.3, -0.25) is 0 Å². The molecule has 0 nitrogen and oxygen atoms in total. The highest BCUT2D eigenvalue weighted by Gasteiger charge is 2.24. The van der Waals surface area contributed by atoms with Crippen LogP contribution >= 0.6 is 0 Å². The zero-order valence-corrected chi connectivity index (χ0v) is 15.7. The van der Waals surface area contributed by atoms with Gasteiger partial charge in [0.05, 0.1) is 0 Å². The van der Waals surface area contributed by atoms with E-state index in [-0.39, 0.29) is 17.7 Å². The summed E-state index contributed by atoms with van der Waals surface area (Å²) in [5, 5.41) is 0. The molecule has 142 valence electrons. The first-order valence-corrected chi connectivity index (χ1v) is 9.53. The van der Waals surface area contributed by atoms with Gasteiger partial charge in [0.15, 0.2) is 11.6 Å². The average molecular weight is 370 g/mol. The van der Waals surface area contributed by atoms with Crippen LogP contribution in [0.5, 0.6) is 0 Å². The minimum atomic E-state index is -0.749. The summed E-state index contributed by atoms with van der Waals surface area (Å²) in [7, 11) is 0. The number of aryl methyl sites for hydroxylation is 2. The fourth-order valence-electron chi connectivity index (χ4n) is 3.79. The summed E-state index contributed by atoms with van der Waals surface area (Å²) in [5.41, 5.74) is 2.36. The molecule has 0 aromatic heterocycles. The molecule has 3 rings (SSSR count). The molecule has 0 N–H and O–H groups in total. The van der Waals surface area contributed by atoms with Crippen LogP contribution < -0.4 is 0 Å². The van der Waals surface area contributed by atoms with Crippen LogP contribution in [0.4, 0.5) is 13.2 Å². The second-order valence-corrected chi connectivity index (χ2v) is 7.32. The third kappa shape index (κ3) is 4.35. The summed E-state index contributed by atoms with van der Waals surface area (Å²) >= 11 is 0. The van der Waals surface area contributed by atoms with E-state index in [0.29, 0.717) is 36.0 Å². The van der Waals surface area contributed by atoms with E-state index in [0.717, 1.165) is 18.4 Å². The SMILES string of the molecule is C=CCCCc1ccc(C2C=CC(c3ccc(C)cc3F)CC2)c(F)c1F. The van der Waals surface area contributed by atoms with Crippen LogP contribution in [0.2, 0.25) is 0 Å². The highest BCUT2D eigenvalue weighted by molar-refractivity contribution is 5.35. The molecule has 2 aromatic rings. The summed E-state index contributed by atoms with van der Waals surface area (Å²) in [4.78, 5) is 0. The van der Waals surface area contributed by atoms with Gasteiger partial charge >= 0.3 is 0 Å². The molecule has 0 aliphatic heterocycles. The maximum absolute atomic E-state index is 14.6. The van der Waals surface area contributed by atoms with E-state index >= 15 is 0 Å². The van der Waals surface area contributed by atoms with Crippen molar-refractivity contribution in [1.29, 1.82) is 0 Å². The van der Waals surface area contributed by atoms with Crippen LogP contribution in [-0.2, 0) is 6.42 Å². The Labute approximate surface area is 159 Å². The third-order valence-electron chi connectivity index (χ3n) is 5.37. The van der Waals surface area contributed by atoms with Crippen molar-refractivity contribution in [2.75, 3.05) is 0 Å². The maximum Gasteiger partial charge on any atom is 0.162 e. The Bertz CT molecular complexity index is 851. The molecule has 0 radical (unpaired) electrons. The molecular weight excluding hydrogens is 345 g/mol. The van der Waals surface area contributed by atoms with E-state index in [4.69, 9.17) is 0 Å². The van der Waals surface area contributed by atoms with Crippen LogP contribution in [0.1, 0.15) is 59.8 Å². The van der Waals surface area contributed by atoms with Crippen molar-refractivity contribution < 1.29 is 13.2 Å². The van der Waals surface area contributed by atoms with Crippen LogP contribution in [0.15, 0.2) is 55.1 Å². The molecule has 2 atom stereocenters. The zero-order valence-electron chi connectivity index (χ0n) is 15.7. The van der Waals surface area contributed by atoms with Gasteiger partial charge in [-0.2, -0.15) is 0 Å². The van der Waals surface area contributed by atoms with Crippen LogP contribution in [0, 0.1) is 24.4 Å². The lowest BCUT2D eigenvalue weighted by Gasteiger charge is -2.24. The van der Waals surface area contributed by atoms with Crippen molar-refractivity contribution in [3.8, 4) is 0 Å². The van der Waals surface area contributed by atoms with E-state index in [9.17, 15) is 13.2 Å². The molecular formula is C24H25F3. The van der Waals surface area contributed by atoms with Gasteiger partial charge in [0, 0.05) is 11.8 Å². The molecule has 3 heteroatoms. The highest BCUT2D eigenvalue weighted by atomic mass is 19.2. The summed E-state index contributed by atoms with van der Waals surface area (Å²) in [6.07, 6.45) is 9.02. The Morgan fingerprint density at radius 3 is 2.26 bits per heavy atom. The monoisotopic (exact) mass is 370 g/mol. The molecule has 0 fully saturated rings. The van der Waals surface area contributed by atoms with Crippen LogP contribution in [0.25, 0.3) is 0 Å². The summed E-state index contributed by atoms with van der Waals surface area (Å²) in [5.74, 6) is -1.89. The fourth-order valence-corrected chi connectivity index (χ4v) is 3.79. The average Bonchev–Trinajstić information content (AvgIpc) is 2.66. The molecule has 0 saturated heterocycles. The Morgan fingerprint density at radius 1 is 0.963 bits per heavy atom. The highest BCUT2D eigenvalue weighted by Crippen LogP contribution is 2.37. The number of unbranched alkanes of at least 4 members (excludes halogenated alkanes) is 1. The summed E-state index contributed by atoms with van der Waals surface area (Å²) in [6, 6.07) is 8.64. The quantitative estimate of drug-likeness (QED) is 0.374. The number of benzene rings is 2. The predicted molar refractivity (Wildman–Crippen MR) is 104 cm³/mol. The lowest BCUT2D eigenvalue weighted by atomic mass is 9.81. The van der Waals surface area contributed by atoms with Gasteiger partial charge in [-0.25, -0.2) is 13.2 Å². The zero-order chi connectivity index (χ0) is 19.4. The molecule has 1 aliphatic rings. The second kappa shape index (κ2) is 8.60. The summed E-state index contributed by atoms with van der Waals surface area (Å²) in [6.45, 7) is 5.50. The number of halogens is 3. The molecule has 0 saturated carbocycles. The van der Waals surface area contributed by atoms with Crippen molar-refractivity contribution in [2.24, 2.45) is 0 Å². The van der Waals surface area contributed by atoms with Crippen molar-refractivity contribution in [1.82, 2.24) is 0 Å². The van der Waals surface area contributed by atoms with Crippen molar-refractivity contribution >= 4 is 0 Å². The third-order valence-corrected chi connectivity index (χ3v) is 5.37. The topological polar surface area (TPSA) is 0 Å². The number of hydrogen-bond acceptors (Lipinski definition) is 0. The molecule has 0 heterocycles. The van der Waals surface area contributed by atoms with E-state index in [1.54, 1.807) is 18.2 Å². The van der Waals surface area contributed by atoms with Crippen molar-refractivity contribution in [3.05, 3.63) is 94.8 Å².